The number of anilines is 1. The fourth-order valence-corrected chi connectivity index (χ4v) is 4.91. The van der Waals surface area contributed by atoms with Gasteiger partial charge in [0.05, 0.1) is 34.5 Å². The van der Waals surface area contributed by atoms with E-state index >= 15 is 0 Å². The molecule has 212 valence electrons. The monoisotopic (exact) mass is 597 g/mol. The van der Waals surface area contributed by atoms with Crippen LogP contribution in [-0.4, -0.2) is 46.8 Å². The first-order valence-corrected chi connectivity index (χ1v) is 13.2. The van der Waals surface area contributed by atoms with E-state index in [0.717, 1.165) is 17.7 Å². The van der Waals surface area contributed by atoms with Gasteiger partial charge in [0.1, 0.15) is 12.3 Å². The van der Waals surface area contributed by atoms with Crippen LogP contribution in [0.1, 0.15) is 16.7 Å². The van der Waals surface area contributed by atoms with Crippen molar-refractivity contribution in [1.29, 1.82) is 0 Å². The standard InChI is InChI=1S/C26H23ClF3N3O6S/c1-17-6-9-21(10-7-17)40(36,37)33(19-8-11-23(27)22(13-19)26(28,29)30)15-24(34)32-31-14-18-4-3-5-20(12-18)39-16-25(35)38-2/h3-14H,15-16H2,1-2H3,(H,32,34)/b31-14-. The SMILES string of the molecule is COC(=O)COc1cccc(/C=N\NC(=O)CN(c2ccc(Cl)c(C(F)(F)F)c2)S(=O)(=O)c2ccc(C)cc2)c1. The smallest absolute Gasteiger partial charge is 0.417 e. The van der Waals surface area contributed by atoms with Crippen LogP contribution in [0.15, 0.2) is 76.7 Å². The summed E-state index contributed by atoms with van der Waals surface area (Å²) in [6.45, 7) is 0.518. The normalized spacial score (nSPS) is 11.8. The van der Waals surface area contributed by atoms with E-state index in [1.165, 1.54) is 43.7 Å². The number of methoxy groups -OCH3 is 1. The molecule has 0 saturated carbocycles. The Morgan fingerprint density at radius 2 is 1.77 bits per heavy atom. The van der Waals surface area contributed by atoms with E-state index in [9.17, 15) is 31.2 Å². The van der Waals surface area contributed by atoms with E-state index in [4.69, 9.17) is 16.3 Å². The van der Waals surface area contributed by atoms with E-state index < -0.39 is 50.9 Å². The van der Waals surface area contributed by atoms with Crippen molar-refractivity contribution in [2.24, 2.45) is 5.10 Å². The summed E-state index contributed by atoms with van der Waals surface area (Å²) in [6, 6.07) is 14.4. The number of sulfonamides is 1. The van der Waals surface area contributed by atoms with E-state index in [1.54, 1.807) is 25.1 Å². The Morgan fingerprint density at radius 1 is 1.07 bits per heavy atom. The number of hydrogen-bond acceptors (Lipinski definition) is 7. The first-order valence-electron chi connectivity index (χ1n) is 11.4. The molecule has 3 aromatic rings. The average Bonchev–Trinajstić information content (AvgIpc) is 2.90. The number of carbonyl (C=O) groups excluding carboxylic acids is 2. The maximum Gasteiger partial charge on any atom is 0.417 e. The van der Waals surface area contributed by atoms with Gasteiger partial charge in [-0.05, 0) is 55.0 Å². The number of hydrogen-bond donors (Lipinski definition) is 1. The molecule has 0 spiro atoms. The molecule has 0 aliphatic heterocycles. The van der Waals surface area contributed by atoms with E-state index in [2.05, 4.69) is 15.3 Å². The average molecular weight is 598 g/mol. The summed E-state index contributed by atoms with van der Waals surface area (Å²) in [6.07, 6.45) is -3.64. The van der Waals surface area contributed by atoms with Gasteiger partial charge in [-0.25, -0.2) is 18.6 Å². The first-order chi connectivity index (χ1) is 18.8. The van der Waals surface area contributed by atoms with Crippen molar-refractivity contribution < 1.29 is 40.7 Å². The van der Waals surface area contributed by atoms with Crippen LogP contribution in [0.5, 0.6) is 5.75 Å². The summed E-state index contributed by atoms with van der Waals surface area (Å²) in [7, 11) is -3.27. The summed E-state index contributed by atoms with van der Waals surface area (Å²) < 4.78 is 77.7. The number of carbonyl (C=O) groups is 2. The number of alkyl halides is 3. The highest BCUT2D eigenvalue weighted by Gasteiger charge is 2.35. The Labute approximate surface area is 233 Å². The zero-order chi connectivity index (χ0) is 29.5. The molecule has 1 amide bonds. The second-order valence-electron chi connectivity index (χ2n) is 8.22. The van der Waals surface area contributed by atoms with Gasteiger partial charge in [0.25, 0.3) is 15.9 Å². The molecule has 0 aliphatic carbocycles. The van der Waals surface area contributed by atoms with Crippen molar-refractivity contribution in [3.63, 3.8) is 0 Å². The van der Waals surface area contributed by atoms with Crippen LogP contribution >= 0.6 is 11.6 Å². The fraction of sp³-hybridized carbons (Fsp3) is 0.192. The first kappa shape index (κ1) is 30.4. The minimum atomic E-state index is -4.87. The lowest BCUT2D eigenvalue weighted by Gasteiger charge is -2.25. The van der Waals surface area contributed by atoms with Gasteiger partial charge < -0.3 is 9.47 Å². The number of ether oxygens (including phenoxy) is 2. The molecule has 0 aliphatic rings. The van der Waals surface area contributed by atoms with Gasteiger partial charge in [-0.2, -0.15) is 18.3 Å². The molecular weight excluding hydrogens is 575 g/mol. The molecule has 1 N–H and O–H groups in total. The molecule has 3 aromatic carbocycles. The highest BCUT2D eigenvalue weighted by molar-refractivity contribution is 7.92. The third kappa shape index (κ3) is 7.96. The zero-order valence-electron chi connectivity index (χ0n) is 21.1. The lowest BCUT2D eigenvalue weighted by atomic mass is 10.2. The van der Waals surface area contributed by atoms with Gasteiger partial charge in [-0.15, -0.1) is 0 Å². The zero-order valence-corrected chi connectivity index (χ0v) is 22.7. The minimum absolute atomic E-state index is 0.235. The van der Waals surface area contributed by atoms with Crippen LogP contribution in [0.25, 0.3) is 0 Å². The molecule has 0 atom stereocenters. The highest BCUT2D eigenvalue weighted by atomic mass is 35.5. The van der Waals surface area contributed by atoms with Gasteiger partial charge in [0, 0.05) is 0 Å². The Hall–Kier alpha value is -4.10. The van der Waals surface area contributed by atoms with Crippen LogP contribution in [0, 0.1) is 6.92 Å². The Bertz CT molecular complexity index is 1510. The number of nitrogens with one attached hydrogen (secondary N) is 1. The summed E-state index contributed by atoms with van der Waals surface area (Å²) in [5.41, 5.74) is 1.69. The molecule has 9 nitrogen and oxygen atoms in total. The van der Waals surface area contributed by atoms with Crippen LogP contribution < -0.4 is 14.5 Å². The lowest BCUT2D eigenvalue weighted by Crippen LogP contribution is -2.39. The van der Waals surface area contributed by atoms with Crippen LogP contribution in [0.3, 0.4) is 0 Å². The predicted molar refractivity (Wildman–Crippen MR) is 142 cm³/mol. The fourth-order valence-electron chi connectivity index (χ4n) is 3.27. The number of benzene rings is 3. The number of hydrazone groups is 1. The summed E-state index contributed by atoms with van der Waals surface area (Å²) in [5, 5.41) is 3.15. The van der Waals surface area contributed by atoms with Crippen molar-refractivity contribution >= 4 is 45.4 Å². The molecule has 14 heteroatoms. The number of amides is 1. The molecular formula is C26H23ClF3N3O6S. The predicted octanol–water partition coefficient (Wildman–Crippen LogP) is 4.56. The number of rotatable bonds is 10. The number of aryl methyl sites for hydroxylation is 1. The van der Waals surface area contributed by atoms with E-state index in [1.807, 2.05) is 0 Å². The van der Waals surface area contributed by atoms with Crippen molar-refractivity contribution in [3.8, 4) is 5.75 Å². The van der Waals surface area contributed by atoms with E-state index in [0.29, 0.717) is 21.7 Å². The van der Waals surface area contributed by atoms with Crippen molar-refractivity contribution in [2.75, 3.05) is 24.6 Å². The minimum Gasteiger partial charge on any atom is -0.482 e. The summed E-state index contributed by atoms with van der Waals surface area (Å²) in [4.78, 5) is 23.7. The van der Waals surface area contributed by atoms with Gasteiger partial charge >= 0.3 is 12.1 Å². The van der Waals surface area contributed by atoms with Crippen molar-refractivity contribution in [1.82, 2.24) is 5.43 Å². The van der Waals surface area contributed by atoms with Gasteiger partial charge in [-0.1, -0.05) is 41.4 Å². The molecule has 0 aromatic heterocycles. The Morgan fingerprint density at radius 3 is 2.42 bits per heavy atom. The van der Waals surface area contributed by atoms with Crippen LogP contribution in [0.4, 0.5) is 18.9 Å². The second kappa shape index (κ2) is 12.8. The number of esters is 1. The third-order valence-electron chi connectivity index (χ3n) is 5.28. The molecule has 0 unspecified atom stereocenters. The Balaban J connectivity index is 1.85. The largest absolute Gasteiger partial charge is 0.482 e. The summed E-state index contributed by atoms with van der Waals surface area (Å²) >= 11 is 5.70. The second-order valence-corrected chi connectivity index (χ2v) is 10.5. The van der Waals surface area contributed by atoms with Crippen molar-refractivity contribution in [2.45, 2.75) is 18.0 Å². The highest BCUT2D eigenvalue weighted by Crippen LogP contribution is 2.38. The topological polar surface area (TPSA) is 114 Å². The van der Waals surface area contributed by atoms with Gasteiger partial charge in [0.15, 0.2) is 6.61 Å². The van der Waals surface area contributed by atoms with Crippen LogP contribution in [0.2, 0.25) is 5.02 Å². The number of halogens is 4. The van der Waals surface area contributed by atoms with Gasteiger partial charge in [0.2, 0.25) is 0 Å². The van der Waals surface area contributed by atoms with E-state index in [-0.39, 0.29) is 11.5 Å². The molecule has 0 heterocycles. The molecule has 0 saturated heterocycles. The quantitative estimate of drug-likeness (QED) is 0.208. The molecule has 0 radical (unpaired) electrons. The third-order valence-corrected chi connectivity index (χ3v) is 7.40. The molecule has 0 bridgehead atoms. The lowest BCUT2D eigenvalue weighted by molar-refractivity contribution is -0.143. The van der Waals surface area contributed by atoms with Gasteiger partial charge in [-0.3, -0.25) is 9.10 Å². The maximum absolute atomic E-state index is 13.5. The van der Waals surface area contributed by atoms with Crippen LogP contribution in [-0.2, 0) is 30.5 Å². The van der Waals surface area contributed by atoms with Crippen molar-refractivity contribution in [3.05, 3.63) is 88.4 Å². The number of nitrogens with zero attached hydrogens (tertiary/aromatic N) is 2. The summed E-state index contributed by atoms with van der Waals surface area (Å²) in [5.74, 6) is -1.20. The molecule has 0 fully saturated rings. The Kier molecular flexibility index (Phi) is 9.77. The maximum atomic E-state index is 13.5. The molecule has 3 rings (SSSR count). The molecule has 40 heavy (non-hydrogen) atoms.